The Labute approximate surface area is 46.0 Å². The molecule has 0 aromatic rings. The highest BCUT2D eigenvalue weighted by Crippen LogP contribution is 2.19. The molecule has 3 heteroatoms. The highest BCUT2D eigenvalue weighted by Gasteiger charge is 2.17. The molecule has 0 unspecified atom stereocenters. The highest BCUT2D eigenvalue weighted by atomic mass is 19.1. The lowest BCUT2D eigenvalue weighted by Crippen LogP contribution is -2.14. The summed E-state index contributed by atoms with van der Waals surface area (Å²) < 4.78 is 11.6. The molecule has 0 nitrogen and oxygen atoms in total. The van der Waals surface area contributed by atoms with Gasteiger partial charge in [0, 0.05) is 0 Å². The summed E-state index contributed by atoms with van der Waals surface area (Å²) >= 11 is 0. The van der Waals surface area contributed by atoms with Gasteiger partial charge in [-0.1, -0.05) is 25.9 Å². The fourth-order valence-corrected chi connectivity index (χ4v) is 0.0630. The van der Waals surface area contributed by atoms with Crippen LogP contribution in [0.4, 0.5) is 4.32 Å². The molecule has 0 spiro atoms. The summed E-state index contributed by atoms with van der Waals surface area (Å²) in [4.78, 5) is 0. The second kappa shape index (κ2) is 2.39. The molecule has 0 N–H and O–H groups in total. The predicted octanol–water partition coefficient (Wildman–Crippen LogP) is 1.48. The lowest BCUT2D eigenvalue weighted by molar-refractivity contribution is 0.782. The van der Waals surface area contributed by atoms with Crippen molar-refractivity contribution in [3.8, 4) is 0 Å². The second-order valence-electron chi connectivity index (χ2n) is 2.22. The minimum Gasteiger partial charge on any atom is -0.343 e. The molecule has 0 atom stereocenters. The smallest absolute Gasteiger partial charge is 0.343 e. The molecule has 0 heterocycles. The molecule has 0 saturated carbocycles. The van der Waals surface area contributed by atoms with Crippen LogP contribution in [0, 0.1) is 0 Å². The standard InChI is InChI=1S/C4H9B2F/c1-4(2,5-3)6-7/h1-3H3. The van der Waals surface area contributed by atoms with Gasteiger partial charge in [-0.3, -0.25) is 0 Å². The van der Waals surface area contributed by atoms with E-state index >= 15 is 0 Å². The lowest BCUT2D eigenvalue weighted by atomic mass is 9.44. The molecule has 2 radical (unpaired) electrons. The largest absolute Gasteiger partial charge is 0.352 e. The van der Waals surface area contributed by atoms with Crippen molar-refractivity contribution in [3.05, 3.63) is 0 Å². The molecular formula is C4H9B2F. The van der Waals surface area contributed by atoms with Crippen molar-refractivity contribution in [1.29, 1.82) is 0 Å². The van der Waals surface area contributed by atoms with Crippen molar-refractivity contribution < 1.29 is 4.32 Å². The number of rotatable bonds is 2. The molecule has 0 rings (SSSR count). The molecule has 0 aliphatic carbocycles. The van der Waals surface area contributed by atoms with Gasteiger partial charge >= 0.3 is 7.56 Å². The molecule has 38 valence electrons. The minimum absolute atomic E-state index is 0.333. The maximum Gasteiger partial charge on any atom is 0.352 e. The maximum absolute atomic E-state index is 11.6. The van der Waals surface area contributed by atoms with Gasteiger partial charge in [-0.05, 0) is 0 Å². The van der Waals surface area contributed by atoms with Crippen LogP contribution in [0.2, 0.25) is 12.0 Å². The summed E-state index contributed by atoms with van der Waals surface area (Å²) in [6, 6.07) is 0. The molecule has 0 bridgehead atoms. The van der Waals surface area contributed by atoms with Crippen LogP contribution >= 0.6 is 0 Å². The predicted molar refractivity (Wildman–Crippen MR) is 32.5 cm³/mol. The molecule has 7 heavy (non-hydrogen) atoms. The Balaban J connectivity index is 3.36. The van der Waals surface area contributed by atoms with Gasteiger partial charge in [0.15, 0.2) is 0 Å². The summed E-state index contributed by atoms with van der Waals surface area (Å²) in [5.41, 5.74) is 0. The van der Waals surface area contributed by atoms with E-state index in [1.807, 2.05) is 28.0 Å². The van der Waals surface area contributed by atoms with E-state index in [0.29, 0.717) is 7.56 Å². The van der Waals surface area contributed by atoms with Gasteiger partial charge in [-0.15, -0.1) is 0 Å². The molecule has 0 amide bonds. The van der Waals surface area contributed by atoms with Crippen LogP contribution < -0.4 is 0 Å². The molecule has 0 aliphatic heterocycles. The van der Waals surface area contributed by atoms with Crippen molar-refractivity contribution >= 4 is 14.8 Å². The average Bonchev–Trinajstić information content (AvgIpc) is 1.68. The van der Waals surface area contributed by atoms with Crippen molar-refractivity contribution in [2.45, 2.75) is 25.9 Å². The Morgan fingerprint density at radius 2 is 1.86 bits per heavy atom. The topological polar surface area (TPSA) is 0 Å². The second-order valence-corrected chi connectivity index (χ2v) is 2.22. The van der Waals surface area contributed by atoms with Gasteiger partial charge in [0.1, 0.15) is 7.28 Å². The van der Waals surface area contributed by atoms with Gasteiger partial charge in [-0.25, -0.2) is 0 Å². The van der Waals surface area contributed by atoms with E-state index in [0.717, 1.165) is 0 Å². The van der Waals surface area contributed by atoms with E-state index in [1.54, 1.807) is 0 Å². The van der Waals surface area contributed by atoms with Crippen LogP contribution in [0.15, 0.2) is 0 Å². The van der Waals surface area contributed by atoms with E-state index in [2.05, 4.69) is 0 Å². The summed E-state index contributed by atoms with van der Waals surface area (Å²) in [6.45, 7) is 5.47. The monoisotopic (exact) mass is 98.1 g/mol. The normalized spacial score (nSPS) is 10.9. The Hall–Kier alpha value is 0.0599. The van der Waals surface area contributed by atoms with Crippen LogP contribution in [0.25, 0.3) is 0 Å². The van der Waals surface area contributed by atoms with Crippen molar-refractivity contribution in [2.75, 3.05) is 0 Å². The Kier molecular flexibility index (Phi) is 2.41. The first-order valence-electron chi connectivity index (χ1n) is 2.37. The number of halogens is 1. The molecule has 0 fully saturated rings. The third kappa shape index (κ3) is 2.72. The number of hydrogen-bond acceptors (Lipinski definition) is 0. The molecule has 0 aromatic heterocycles. The van der Waals surface area contributed by atoms with E-state index in [-0.39, 0.29) is 5.21 Å². The molecule has 0 aliphatic rings. The molecular weight excluding hydrogens is 88.7 g/mol. The van der Waals surface area contributed by atoms with Gasteiger partial charge in [0.2, 0.25) is 0 Å². The van der Waals surface area contributed by atoms with E-state index in [4.69, 9.17) is 0 Å². The van der Waals surface area contributed by atoms with Crippen LogP contribution in [-0.2, 0) is 0 Å². The number of hydrogen-bond donors (Lipinski definition) is 0. The molecule has 0 saturated heterocycles. The first-order chi connectivity index (χ1) is 3.12. The quantitative estimate of drug-likeness (QED) is 0.458. The van der Waals surface area contributed by atoms with Gasteiger partial charge in [-0.2, -0.15) is 0 Å². The minimum atomic E-state index is -0.333. The molecule has 0 aromatic carbocycles. The first-order valence-corrected chi connectivity index (χ1v) is 2.37. The summed E-state index contributed by atoms with van der Waals surface area (Å²) in [7, 11) is 2.50. The van der Waals surface area contributed by atoms with Crippen molar-refractivity contribution in [2.24, 2.45) is 0 Å². The van der Waals surface area contributed by atoms with Crippen LogP contribution in [0.5, 0.6) is 0 Å². The van der Waals surface area contributed by atoms with Crippen molar-refractivity contribution in [3.63, 3.8) is 0 Å². The Morgan fingerprint density at radius 1 is 1.43 bits per heavy atom. The van der Waals surface area contributed by atoms with Crippen LogP contribution in [0.3, 0.4) is 0 Å². The van der Waals surface area contributed by atoms with E-state index in [9.17, 15) is 4.32 Å². The Morgan fingerprint density at radius 3 is 1.86 bits per heavy atom. The zero-order valence-corrected chi connectivity index (χ0v) is 5.03. The van der Waals surface area contributed by atoms with E-state index < -0.39 is 0 Å². The van der Waals surface area contributed by atoms with Crippen LogP contribution in [0.1, 0.15) is 13.8 Å². The third-order valence-electron chi connectivity index (χ3n) is 1.03. The summed E-state index contributed by atoms with van der Waals surface area (Å²) in [6.07, 6.45) is 0. The maximum atomic E-state index is 11.6. The SMILES string of the molecule is C[B]C(C)(C)[B]F. The summed E-state index contributed by atoms with van der Waals surface area (Å²) in [5.74, 6) is 0. The summed E-state index contributed by atoms with van der Waals surface area (Å²) in [5, 5.41) is -0.333. The third-order valence-corrected chi connectivity index (χ3v) is 1.03. The zero-order chi connectivity index (χ0) is 5.91. The highest BCUT2D eigenvalue weighted by molar-refractivity contribution is 6.57. The van der Waals surface area contributed by atoms with Crippen molar-refractivity contribution in [1.82, 2.24) is 0 Å². The fourth-order valence-electron chi connectivity index (χ4n) is 0.0630. The van der Waals surface area contributed by atoms with Gasteiger partial charge < -0.3 is 4.32 Å². The van der Waals surface area contributed by atoms with Gasteiger partial charge in [0.25, 0.3) is 0 Å². The van der Waals surface area contributed by atoms with E-state index in [1.165, 1.54) is 0 Å². The first kappa shape index (κ1) is 7.06. The fraction of sp³-hybridized carbons (Fsp3) is 1.00. The van der Waals surface area contributed by atoms with Crippen LogP contribution in [-0.4, -0.2) is 14.8 Å². The lowest BCUT2D eigenvalue weighted by Gasteiger charge is -2.12. The van der Waals surface area contributed by atoms with Gasteiger partial charge in [0.05, 0.1) is 0 Å². The Bertz CT molecular complexity index is 47.7. The zero-order valence-electron chi connectivity index (χ0n) is 5.03. The average molecular weight is 97.7 g/mol.